The van der Waals surface area contributed by atoms with Gasteiger partial charge in [0.25, 0.3) is 0 Å². The van der Waals surface area contributed by atoms with Crippen LogP contribution in [0.2, 0.25) is 0 Å². The molecule has 0 amide bonds. The van der Waals surface area contributed by atoms with Crippen molar-refractivity contribution in [3.05, 3.63) is 0 Å². The van der Waals surface area contributed by atoms with Gasteiger partial charge in [0.2, 0.25) is 0 Å². The smallest absolute Gasteiger partial charge is 0.0258 e. The van der Waals surface area contributed by atoms with Gasteiger partial charge in [0.15, 0.2) is 0 Å². The molecule has 0 saturated carbocycles. The highest BCUT2D eigenvalue weighted by atomic mass is 15.2. The minimum absolute atomic E-state index is 0.630. The molecule has 106 valence electrons. The second-order valence-electron chi connectivity index (χ2n) is 6.01. The van der Waals surface area contributed by atoms with Gasteiger partial charge in [0, 0.05) is 44.8 Å². The molecule has 2 heterocycles. The first-order valence-corrected chi connectivity index (χ1v) is 7.53. The Balaban J connectivity index is 1.93. The van der Waals surface area contributed by atoms with Gasteiger partial charge in [0.05, 0.1) is 0 Å². The highest BCUT2D eigenvalue weighted by Crippen LogP contribution is 2.22. The minimum Gasteiger partial charge on any atom is -0.315 e. The van der Waals surface area contributed by atoms with Gasteiger partial charge in [-0.3, -0.25) is 4.90 Å². The fourth-order valence-corrected chi connectivity index (χ4v) is 3.69. The molecule has 2 fully saturated rings. The quantitative estimate of drug-likeness (QED) is 0.751. The Morgan fingerprint density at radius 1 is 1.22 bits per heavy atom. The maximum absolute atomic E-state index is 3.60. The molecule has 2 aliphatic heterocycles. The van der Waals surface area contributed by atoms with Gasteiger partial charge < -0.3 is 15.5 Å². The van der Waals surface area contributed by atoms with Crippen molar-refractivity contribution in [2.24, 2.45) is 5.92 Å². The molecule has 0 aromatic rings. The van der Waals surface area contributed by atoms with E-state index in [1.807, 2.05) is 0 Å². The monoisotopic (exact) mass is 254 g/mol. The van der Waals surface area contributed by atoms with Crippen LogP contribution in [0.25, 0.3) is 0 Å². The lowest BCUT2D eigenvalue weighted by Crippen LogP contribution is -2.58. The van der Waals surface area contributed by atoms with Crippen LogP contribution < -0.4 is 10.6 Å². The van der Waals surface area contributed by atoms with E-state index >= 15 is 0 Å². The van der Waals surface area contributed by atoms with Crippen molar-refractivity contribution in [3.63, 3.8) is 0 Å². The topological polar surface area (TPSA) is 30.5 Å². The van der Waals surface area contributed by atoms with Crippen molar-refractivity contribution in [2.45, 2.75) is 31.8 Å². The SMILES string of the molecule is CNC(C1CCCN(C)C1)C(C)N1CCNCC1. The lowest BCUT2D eigenvalue weighted by atomic mass is 9.86. The number of nitrogens with zero attached hydrogens (tertiary/aromatic N) is 2. The number of rotatable bonds is 4. The molecule has 3 atom stereocenters. The maximum Gasteiger partial charge on any atom is 0.0258 e. The van der Waals surface area contributed by atoms with Crippen molar-refractivity contribution in [2.75, 3.05) is 53.4 Å². The predicted octanol–water partition coefficient (Wildman–Crippen LogP) is 0.210. The van der Waals surface area contributed by atoms with Gasteiger partial charge >= 0.3 is 0 Å². The largest absolute Gasteiger partial charge is 0.315 e. The Morgan fingerprint density at radius 3 is 2.56 bits per heavy atom. The van der Waals surface area contributed by atoms with Gasteiger partial charge in [0.1, 0.15) is 0 Å². The van der Waals surface area contributed by atoms with Crippen molar-refractivity contribution < 1.29 is 0 Å². The normalized spacial score (nSPS) is 31.2. The molecule has 18 heavy (non-hydrogen) atoms. The summed E-state index contributed by atoms with van der Waals surface area (Å²) >= 11 is 0. The van der Waals surface area contributed by atoms with Crippen LogP contribution in [0.4, 0.5) is 0 Å². The molecule has 4 nitrogen and oxygen atoms in total. The minimum atomic E-state index is 0.630. The van der Waals surface area contributed by atoms with E-state index in [1.54, 1.807) is 0 Å². The van der Waals surface area contributed by atoms with Crippen LogP contribution in [-0.4, -0.2) is 75.2 Å². The van der Waals surface area contributed by atoms with E-state index in [0.717, 1.165) is 19.0 Å². The molecule has 0 spiro atoms. The van der Waals surface area contributed by atoms with Crippen LogP contribution >= 0.6 is 0 Å². The fourth-order valence-electron chi connectivity index (χ4n) is 3.69. The Morgan fingerprint density at radius 2 is 1.94 bits per heavy atom. The van der Waals surface area contributed by atoms with E-state index in [2.05, 4.69) is 41.5 Å². The summed E-state index contributed by atoms with van der Waals surface area (Å²) < 4.78 is 0. The molecule has 2 aliphatic rings. The summed E-state index contributed by atoms with van der Waals surface area (Å²) in [5.74, 6) is 0.804. The van der Waals surface area contributed by atoms with Crippen LogP contribution in [0.3, 0.4) is 0 Å². The van der Waals surface area contributed by atoms with E-state index < -0.39 is 0 Å². The number of piperidine rings is 1. The van der Waals surface area contributed by atoms with Gasteiger partial charge in [-0.15, -0.1) is 0 Å². The van der Waals surface area contributed by atoms with Crippen molar-refractivity contribution in [1.29, 1.82) is 0 Å². The molecule has 2 saturated heterocycles. The summed E-state index contributed by atoms with van der Waals surface area (Å²) in [5, 5.41) is 7.04. The molecular weight excluding hydrogens is 224 g/mol. The average Bonchev–Trinajstić information content (AvgIpc) is 2.40. The summed E-state index contributed by atoms with van der Waals surface area (Å²) in [6.07, 6.45) is 2.74. The molecule has 4 heteroatoms. The summed E-state index contributed by atoms with van der Waals surface area (Å²) in [5.41, 5.74) is 0. The summed E-state index contributed by atoms with van der Waals surface area (Å²) in [6, 6.07) is 1.28. The van der Waals surface area contributed by atoms with Crippen molar-refractivity contribution >= 4 is 0 Å². The van der Waals surface area contributed by atoms with E-state index in [0.29, 0.717) is 12.1 Å². The van der Waals surface area contributed by atoms with Gasteiger partial charge in [-0.1, -0.05) is 0 Å². The predicted molar refractivity (Wildman–Crippen MR) is 77.0 cm³/mol. The number of likely N-dealkylation sites (N-methyl/N-ethyl adjacent to an activating group) is 1. The highest BCUT2D eigenvalue weighted by Gasteiger charge is 2.31. The van der Waals surface area contributed by atoms with E-state index in [-0.39, 0.29) is 0 Å². The summed E-state index contributed by atoms with van der Waals surface area (Å²) in [4.78, 5) is 5.13. The number of piperazine rings is 1. The van der Waals surface area contributed by atoms with Crippen molar-refractivity contribution in [1.82, 2.24) is 20.4 Å². The van der Waals surface area contributed by atoms with Crippen LogP contribution in [0.5, 0.6) is 0 Å². The van der Waals surface area contributed by atoms with Crippen LogP contribution in [0.1, 0.15) is 19.8 Å². The van der Waals surface area contributed by atoms with Crippen LogP contribution in [-0.2, 0) is 0 Å². The number of likely N-dealkylation sites (tertiary alicyclic amines) is 1. The standard InChI is InChI=1S/C14H30N4/c1-12(18-9-6-16-7-10-18)14(15-2)13-5-4-8-17(3)11-13/h12-16H,4-11H2,1-3H3. The van der Waals surface area contributed by atoms with Crippen molar-refractivity contribution in [3.8, 4) is 0 Å². The van der Waals surface area contributed by atoms with Crippen LogP contribution in [0, 0.1) is 5.92 Å². The number of nitrogens with one attached hydrogen (secondary N) is 2. The lowest BCUT2D eigenvalue weighted by molar-refractivity contribution is 0.0956. The van der Waals surface area contributed by atoms with E-state index in [1.165, 1.54) is 39.0 Å². The van der Waals surface area contributed by atoms with Gasteiger partial charge in [-0.25, -0.2) is 0 Å². The number of hydrogen-bond acceptors (Lipinski definition) is 4. The molecule has 0 aromatic heterocycles. The van der Waals surface area contributed by atoms with E-state index in [9.17, 15) is 0 Å². The summed E-state index contributed by atoms with van der Waals surface area (Å²) in [7, 11) is 4.40. The second-order valence-corrected chi connectivity index (χ2v) is 6.01. The highest BCUT2D eigenvalue weighted by molar-refractivity contribution is 4.90. The first-order chi connectivity index (χ1) is 8.72. The van der Waals surface area contributed by atoms with Gasteiger partial charge in [-0.2, -0.15) is 0 Å². The van der Waals surface area contributed by atoms with Crippen LogP contribution in [0.15, 0.2) is 0 Å². The Bertz CT molecular complexity index is 240. The molecule has 3 unspecified atom stereocenters. The molecule has 0 aromatic carbocycles. The zero-order valence-corrected chi connectivity index (χ0v) is 12.3. The lowest BCUT2D eigenvalue weighted by Gasteiger charge is -2.43. The zero-order valence-electron chi connectivity index (χ0n) is 12.3. The third-order valence-electron chi connectivity index (χ3n) is 4.75. The molecule has 2 rings (SSSR count). The Hall–Kier alpha value is -0.160. The summed E-state index contributed by atoms with van der Waals surface area (Å²) in [6.45, 7) is 9.61. The first kappa shape index (κ1) is 14.3. The molecule has 0 aliphatic carbocycles. The first-order valence-electron chi connectivity index (χ1n) is 7.53. The fraction of sp³-hybridized carbons (Fsp3) is 1.00. The zero-order chi connectivity index (χ0) is 13.0. The average molecular weight is 254 g/mol. The Labute approximate surface area is 112 Å². The Kier molecular flexibility index (Phi) is 5.42. The molecule has 0 radical (unpaired) electrons. The van der Waals surface area contributed by atoms with Gasteiger partial charge in [-0.05, 0) is 46.3 Å². The third kappa shape index (κ3) is 3.44. The second kappa shape index (κ2) is 6.85. The third-order valence-corrected chi connectivity index (χ3v) is 4.75. The molecule has 2 N–H and O–H groups in total. The molecule has 0 bridgehead atoms. The maximum atomic E-state index is 3.60. The number of hydrogen-bond donors (Lipinski definition) is 2. The molecular formula is C14H30N4. The van der Waals surface area contributed by atoms with E-state index in [4.69, 9.17) is 0 Å².